The summed E-state index contributed by atoms with van der Waals surface area (Å²) in [6.07, 6.45) is 8.94. The van der Waals surface area contributed by atoms with Crippen molar-refractivity contribution in [2.24, 2.45) is 5.92 Å². The van der Waals surface area contributed by atoms with Crippen LogP contribution < -0.4 is 4.74 Å². The van der Waals surface area contributed by atoms with Crippen molar-refractivity contribution >= 4 is 17.9 Å². The number of hydrogen-bond donors (Lipinski definition) is 0. The largest absolute Gasteiger partial charge is 0.479 e. The SMILES string of the molecule is N#CCOc1ccc(/C=C/C(=O)N2CCN(C(=O)C3CCCCC3)CC2)cc1. The van der Waals surface area contributed by atoms with Crippen LogP contribution in [0.3, 0.4) is 0 Å². The molecule has 2 amide bonds. The number of carbonyl (C=O) groups excluding carboxylic acids is 2. The van der Waals surface area contributed by atoms with Crippen LogP contribution in [0, 0.1) is 17.2 Å². The highest BCUT2D eigenvalue weighted by molar-refractivity contribution is 5.92. The Hall–Kier alpha value is -2.81. The molecule has 3 rings (SSSR count). The zero-order valence-corrected chi connectivity index (χ0v) is 16.2. The van der Waals surface area contributed by atoms with Crippen molar-refractivity contribution in [1.29, 1.82) is 5.26 Å². The highest BCUT2D eigenvalue weighted by atomic mass is 16.5. The third-order valence-electron chi connectivity index (χ3n) is 5.46. The molecular formula is C22H27N3O3. The second kappa shape index (κ2) is 9.93. The Labute approximate surface area is 166 Å². The van der Waals surface area contributed by atoms with Crippen LogP contribution in [-0.2, 0) is 9.59 Å². The summed E-state index contributed by atoms with van der Waals surface area (Å²) in [5.74, 6) is 1.07. The maximum atomic E-state index is 12.6. The lowest BCUT2D eigenvalue weighted by Crippen LogP contribution is -2.51. The summed E-state index contributed by atoms with van der Waals surface area (Å²) in [5.41, 5.74) is 0.892. The molecule has 6 nitrogen and oxygen atoms in total. The number of benzene rings is 1. The maximum absolute atomic E-state index is 12.6. The minimum Gasteiger partial charge on any atom is -0.479 e. The molecular weight excluding hydrogens is 354 g/mol. The van der Waals surface area contributed by atoms with Gasteiger partial charge in [0.05, 0.1) is 0 Å². The molecule has 0 radical (unpaired) electrons. The second-order valence-corrected chi connectivity index (χ2v) is 7.33. The first kappa shape index (κ1) is 19.9. The Morgan fingerprint density at radius 2 is 1.68 bits per heavy atom. The highest BCUT2D eigenvalue weighted by Crippen LogP contribution is 2.25. The van der Waals surface area contributed by atoms with Crippen LogP contribution in [0.5, 0.6) is 5.75 Å². The molecule has 0 aromatic heterocycles. The number of amides is 2. The minimum atomic E-state index is -0.0328. The summed E-state index contributed by atoms with van der Waals surface area (Å²) in [6.45, 7) is 2.44. The summed E-state index contributed by atoms with van der Waals surface area (Å²) in [4.78, 5) is 28.8. The van der Waals surface area contributed by atoms with Crippen LogP contribution in [0.1, 0.15) is 37.7 Å². The van der Waals surface area contributed by atoms with E-state index in [9.17, 15) is 9.59 Å². The Kier molecular flexibility index (Phi) is 7.07. The zero-order chi connectivity index (χ0) is 19.8. The van der Waals surface area contributed by atoms with Gasteiger partial charge in [0.15, 0.2) is 6.61 Å². The molecule has 0 spiro atoms. The summed E-state index contributed by atoms with van der Waals surface area (Å²) in [7, 11) is 0. The highest BCUT2D eigenvalue weighted by Gasteiger charge is 2.29. The van der Waals surface area contributed by atoms with E-state index in [2.05, 4.69) is 0 Å². The quantitative estimate of drug-likeness (QED) is 0.735. The lowest BCUT2D eigenvalue weighted by molar-refractivity contribution is -0.141. The summed E-state index contributed by atoms with van der Waals surface area (Å²) >= 11 is 0. The Morgan fingerprint density at radius 3 is 2.32 bits per heavy atom. The van der Waals surface area contributed by atoms with Crippen molar-refractivity contribution in [2.45, 2.75) is 32.1 Å². The van der Waals surface area contributed by atoms with Gasteiger partial charge in [0.2, 0.25) is 11.8 Å². The number of ether oxygens (including phenoxy) is 1. The van der Waals surface area contributed by atoms with E-state index in [1.165, 1.54) is 6.42 Å². The molecule has 28 heavy (non-hydrogen) atoms. The number of hydrogen-bond acceptors (Lipinski definition) is 4. The van der Waals surface area contributed by atoms with Crippen molar-refractivity contribution in [1.82, 2.24) is 9.80 Å². The van der Waals surface area contributed by atoms with E-state index in [0.29, 0.717) is 31.9 Å². The second-order valence-electron chi connectivity index (χ2n) is 7.33. The first-order chi connectivity index (χ1) is 13.7. The van der Waals surface area contributed by atoms with Crippen molar-refractivity contribution in [2.75, 3.05) is 32.8 Å². The van der Waals surface area contributed by atoms with Crippen molar-refractivity contribution < 1.29 is 14.3 Å². The lowest BCUT2D eigenvalue weighted by atomic mass is 9.88. The van der Waals surface area contributed by atoms with E-state index >= 15 is 0 Å². The third-order valence-corrected chi connectivity index (χ3v) is 5.46. The Balaban J connectivity index is 1.46. The van der Waals surface area contributed by atoms with Gasteiger partial charge in [-0.3, -0.25) is 9.59 Å². The predicted molar refractivity (Wildman–Crippen MR) is 106 cm³/mol. The summed E-state index contributed by atoms with van der Waals surface area (Å²) in [6, 6.07) is 9.16. The van der Waals surface area contributed by atoms with Crippen LogP contribution in [0.15, 0.2) is 30.3 Å². The van der Waals surface area contributed by atoms with Crippen LogP contribution in [0.2, 0.25) is 0 Å². The van der Waals surface area contributed by atoms with Crippen molar-refractivity contribution in [3.05, 3.63) is 35.9 Å². The van der Waals surface area contributed by atoms with Gasteiger partial charge in [0.1, 0.15) is 11.8 Å². The normalized spacial score (nSPS) is 18.1. The molecule has 1 saturated carbocycles. The molecule has 148 valence electrons. The van der Waals surface area contributed by atoms with Gasteiger partial charge in [0.25, 0.3) is 0 Å². The molecule has 2 aliphatic rings. The number of carbonyl (C=O) groups is 2. The molecule has 0 N–H and O–H groups in total. The fourth-order valence-corrected chi connectivity index (χ4v) is 3.82. The van der Waals surface area contributed by atoms with Gasteiger partial charge in [-0.25, -0.2) is 0 Å². The number of rotatable bonds is 5. The summed E-state index contributed by atoms with van der Waals surface area (Å²) in [5, 5.41) is 8.51. The van der Waals surface area contributed by atoms with Gasteiger partial charge in [-0.2, -0.15) is 5.26 Å². The van der Waals surface area contributed by atoms with E-state index in [1.807, 2.05) is 23.1 Å². The third kappa shape index (κ3) is 5.35. The average molecular weight is 381 g/mol. The number of piperazine rings is 1. The molecule has 1 saturated heterocycles. The monoisotopic (exact) mass is 381 g/mol. The fraction of sp³-hybridized carbons (Fsp3) is 0.500. The molecule has 0 unspecified atom stereocenters. The van der Waals surface area contributed by atoms with Gasteiger partial charge < -0.3 is 14.5 Å². The van der Waals surface area contributed by atoms with E-state index in [-0.39, 0.29) is 24.3 Å². The Morgan fingerprint density at radius 1 is 1.04 bits per heavy atom. The van der Waals surface area contributed by atoms with Gasteiger partial charge in [-0.15, -0.1) is 0 Å². The molecule has 1 aromatic carbocycles. The lowest BCUT2D eigenvalue weighted by Gasteiger charge is -2.36. The van der Waals surface area contributed by atoms with Gasteiger partial charge in [0, 0.05) is 38.2 Å². The van der Waals surface area contributed by atoms with Gasteiger partial charge >= 0.3 is 0 Å². The van der Waals surface area contributed by atoms with E-state index in [4.69, 9.17) is 10.00 Å². The maximum Gasteiger partial charge on any atom is 0.246 e. The summed E-state index contributed by atoms with van der Waals surface area (Å²) < 4.78 is 5.21. The van der Waals surface area contributed by atoms with Crippen LogP contribution in [-0.4, -0.2) is 54.4 Å². The molecule has 1 aliphatic heterocycles. The average Bonchev–Trinajstić information content (AvgIpc) is 2.77. The number of nitrogens with zero attached hydrogens (tertiary/aromatic N) is 3. The standard InChI is InChI=1S/C22H27N3O3/c23-12-17-28-20-9-6-18(7-10-20)8-11-21(26)24-13-15-25(16-14-24)22(27)19-4-2-1-3-5-19/h6-11,19H,1-5,13-17H2/b11-8+. The van der Waals surface area contributed by atoms with Crippen LogP contribution in [0.25, 0.3) is 6.08 Å². The van der Waals surface area contributed by atoms with Gasteiger partial charge in [-0.1, -0.05) is 31.4 Å². The fourth-order valence-electron chi connectivity index (χ4n) is 3.82. The van der Waals surface area contributed by atoms with Crippen molar-refractivity contribution in [3.8, 4) is 11.8 Å². The molecule has 2 fully saturated rings. The minimum absolute atomic E-state index is 0.0168. The Bertz CT molecular complexity index is 737. The first-order valence-electron chi connectivity index (χ1n) is 10.0. The van der Waals surface area contributed by atoms with Gasteiger partial charge in [-0.05, 0) is 36.6 Å². The van der Waals surface area contributed by atoms with Crippen LogP contribution >= 0.6 is 0 Å². The topological polar surface area (TPSA) is 73.6 Å². The van der Waals surface area contributed by atoms with E-state index in [1.54, 1.807) is 29.2 Å². The molecule has 0 atom stereocenters. The molecule has 1 aliphatic carbocycles. The molecule has 1 aromatic rings. The van der Waals surface area contributed by atoms with E-state index < -0.39 is 0 Å². The smallest absolute Gasteiger partial charge is 0.246 e. The predicted octanol–water partition coefficient (Wildman–Crippen LogP) is 2.85. The molecule has 1 heterocycles. The van der Waals surface area contributed by atoms with E-state index in [0.717, 1.165) is 31.2 Å². The van der Waals surface area contributed by atoms with Crippen LogP contribution in [0.4, 0.5) is 0 Å². The molecule has 6 heteroatoms. The zero-order valence-electron chi connectivity index (χ0n) is 16.2. The van der Waals surface area contributed by atoms with Crippen molar-refractivity contribution in [3.63, 3.8) is 0 Å². The number of nitriles is 1. The first-order valence-corrected chi connectivity index (χ1v) is 10.0. The molecule has 0 bridgehead atoms.